The summed E-state index contributed by atoms with van der Waals surface area (Å²) in [5, 5.41) is 11.8. The molecule has 4 aliphatic rings. The first-order valence-electron chi connectivity index (χ1n) is 27.9. The topological polar surface area (TPSA) is 164 Å². The average molecular weight is 1070 g/mol. The quantitative estimate of drug-likeness (QED) is 0.0784. The summed E-state index contributed by atoms with van der Waals surface area (Å²) in [7, 11) is 1.93. The summed E-state index contributed by atoms with van der Waals surface area (Å²) < 4.78 is 15.7. The number of carbonyl (C=O) groups excluding carboxylic acids is 4. The van der Waals surface area contributed by atoms with E-state index >= 15 is 0 Å². The Bertz CT molecular complexity index is 3370. The van der Waals surface area contributed by atoms with Gasteiger partial charge >= 0.3 is 5.97 Å². The molecule has 1 saturated carbocycles. The van der Waals surface area contributed by atoms with Crippen molar-refractivity contribution < 1.29 is 28.7 Å². The van der Waals surface area contributed by atoms with Crippen LogP contribution in [0.2, 0.25) is 0 Å². The van der Waals surface area contributed by atoms with Crippen LogP contribution in [0.1, 0.15) is 128 Å². The van der Waals surface area contributed by atoms with Crippen molar-refractivity contribution in [3.63, 3.8) is 0 Å². The molecular formula is C62H71N9O6S. The van der Waals surface area contributed by atoms with Crippen molar-refractivity contribution in [3.05, 3.63) is 125 Å². The maximum Gasteiger partial charge on any atom is 0.358 e. The smallest absolute Gasteiger partial charge is 0.358 e. The van der Waals surface area contributed by atoms with Crippen LogP contribution in [-0.4, -0.2) is 99.3 Å². The van der Waals surface area contributed by atoms with E-state index in [1.54, 1.807) is 0 Å². The number of hydrogen-bond acceptors (Lipinski definition) is 13. The Labute approximate surface area is 460 Å². The molecule has 11 rings (SSSR count). The minimum Gasteiger partial charge on any atom is -0.490 e. The van der Waals surface area contributed by atoms with E-state index in [1.807, 2.05) is 99.2 Å². The van der Waals surface area contributed by atoms with Crippen molar-refractivity contribution in [2.24, 2.45) is 18.9 Å². The number of amides is 3. The molecule has 3 aromatic heterocycles. The van der Waals surface area contributed by atoms with Crippen LogP contribution < -0.4 is 25.2 Å². The van der Waals surface area contributed by atoms with Gasteiger partial charge in [-0.3, -0.25) is 34.6 Å². The van der Waals surface area contributed by atoms with Crippen LogP contribution in [0, 0.1) is 18.8 Å². The number of pyridine rings is 1. The molecule has 7 aromatic rings. The molecule has 2 N–H and O–H groups in total. The van der Waals surface area contributed by atoms with Crippen molar-refractivity contribution in [2.45, 2.75) is 117 Å². The maximum absolute atomic E-state index is 14.1. The zero-order chi connectivity index (χ0) is 54.2. The number of fused-ring (bicyclic) bond motifs is 3. The Hall–Kier alpha value is -7.17. The number of nitrogens with one attached hydrogen (secondary N) is 2. The summed E-state index contributed by atoms with van der Waals surface area (Å²) in [6.45, 7) is 16.3. The van der Waals surface area contributed by atoms with Crippen LogP contribution in [0.15, 0.2) is 91.0 Å². The molecule has 0 radical (unpaired) electrons. The third kappa shape index (κ3) is 11.5. The number of para-hydroxylation sites is 1. The molecule has 15 nitrogen and oxygen atoms in total. The lowest BCUT2D eigenvalue weighted by atomic mass is 9.83. The van der Waals surface area contributed by atoms with Gasteiger partial charge < -0.3 is 19.3 Å². The number of nitrogens with zero attached hydrogens (tertiary/aromatic N) is 7. The third-order valence-electron chi connectivity index (χ3n) is 16.3. The van der Waals surface area contributed by atoms with Gasteiger partial charge in [-0.25, -0.2) is 14.8 Å². The summed E-state index contributed by atoms with van der Waals surface area (Å²) in [6, 6.07) is 30.2. The Balaban J connectivity index is 0.684. The van der Waals surface area contributed by atoms with Crippen molar-refractivity contribution in [1.82, 2.24) is 30.0 Å². The van der Waals surface area contributed by atoms with Crippen LogP contribution in [0.4, 0.5) is 16.6 Å². The number of hydrogen-bond donors (Lipinski definition) is 2. The van der Waals surface area contributed by atoms with Crippen LogP contribution >= 0.6 is 11.3 Å². The van der Waals surface area contributed by atoms with E-state index in [9.17, 15) is 19.2 Å². The molecule has 16 heteroatoms. The third-order valence-corrected chi connectivity index (χ3v) is 17.3. The van der Waals surface area contributed by atoms with E-state index in [-0.39, 0.29) is 29.5 Å². The lowest BCUT2D eigenvalue weighted by Crippen LogP contribution is -2.47. The second-order valence-electron chi connectivity index (χ2n) is 23.0. The average Bonchev–Trinajstić information content (AvgIpc) is 4.11. The van der Waals surface area contributed by atoms with E-state index in [0.717, 1.165) is 120 Å². The lowest BCUT2D eigenvalue weighted by Gasteiger charge is -2.37. The fraction of sp³-hybridized carbons (Fsp3) is 0.435. The summed E-state index contributed by atoms with van der Waals surface area (Å²) in [4.78, 5) is 69.3. The number of ether oxygens (including phenoxy) is 2. The number of benzene rings is 4. The number of aromatic nitrogens is 4. The van der Waals surface area contributed by atoms with Crippen molar-refractivity contribution in [3.8, 4) is 16.9 Å². The summed E-state index contributed by atoms with van der Waals surface area (Å²) in [5.74, 6) is 1.20. The molecule has 4 aromatic carbocycles. The van der Waals surface area contributed by atoms with Gasteiger partial charge in [-0.1, -0.05) is 61.1 Å². The van der Waals surface area contributed by atoms with E-state index in [1.165, 1.54) is 29.9 Å². The van der Waals surface area contributed by atoms with Gasteiger partial charge in [-0.15, -0.1) is 0 Å². The largest absolute Gasteiger partial charge is 0.490 e. The first-order valence-corrected chi connectivity index (χ1v) is 28.7. The van der Waals surface area contributed by atoms with Crippen LogP contribution in [-0.2, 0) is 34.3 Å². The highest BCUT2D eigenvalue weighted by Crippen LogP contribution is 2.39. The Morgan fingerprint density at radius 2 is 1.64 bits per heavy atom. The monoisotopic (exact) mass is 1070 g/mol. The first-order chi connectivity index (χ1) is 37.6. The summed E-state index contributed by atoms with van der Waals surface area (Å²) in [6.07, 6.45) is 8.43. The zero-order valence-electron chi connectivity index (χ0n) is 45.8. The molecule has 1 unspecified atom stereocenters. The van der Waals surface area contributed by atoms with Gasteiger partial charge in [0.25, 0.3) is 5.91 Å². The van der Waals surface area contributed by atoms with E-state index in [4.69, 9.17) is 19.6 Å². The second-order valence-corrected chi connectivity index (χ2v) is 24.0. The van der Waals surface area contributed by atoms with Gasteiger partial charge in [0.1, 0.15) is 17.2 Å². The zero-order valence-corrected chi connectivity index (χ0v) is 46.6. The highest BCUT2D eigenvalue weighted by Gasteiger charge is 2.33. The van der Waals surface area contributed by atoms with Crippen molar-refractivity contribution in [2.75, 3.05) is 54.4 Å². The van der Waals surface area contributed by atoms with Gasteiger partial charge in [0.05, 0.1) is 33.4 Å². The molecule has 6 heterocycles. The summed E-state index contributed by atoms with van der Waals surface area (Å²) in [5.41, 5.74) is 8.46. The maximum atomic E-state index is 14.1. The molecule has 0 bridgehead atoms. The van der Waals surface area contributed by atoms with Crippen LogP contribution in [0.5, 0.6) is 5.75 Å². The Morgan fingerprint density at radius 1 is 0.846 bits per heavy atom. The number of piperazine rings is 1. The molecule has 0 spiro atoms. The fourth-order valence-electron chi connectivity index (χ4n) is 12.1. The number of piperidine rings is 1. The minimum absolute atomic E-state index is 0.121. The van der Waals surface area contributed by atoms with Gasteiger partial charge in [0, 0.05) is 81.5 Å². The standard InChI is InChI=1S/C62H71N9O6S/c1-38(36-69-31-33-70(34-32-69)42-21-24-47-51(35-42)68(6)67-56(47)48-26-28-55(72)65-59(48)74)17-18-40-19-22-43(23-20-40)76-52-15-10-12-44(39(52)2)45-25-27-54(64-57(45)60(75)77-62(3,4)5)71-30-29-41-11-9-13-46(49(41)37-71)58(73)66-61-63-50-14-7-8-16-53(50)78-61/h7-16,21,24-25,27,35,38,40,43,48H,17-20,22-23,26,28-34,36-37H2,1-6H3,(H,63,66,73)(H,65,72,74)/t38-,40?,43?,48?/m1/s1. The predicted molar refractivity (Wildman–Crippen MR) is 308 cm³/mol. The highest BCUT2D eigenvalue weighted by molar-refractivity contribution is 7.22. The van der Waals surface area contributed by atoms with E-state index < -0.39 is 17.5 Å². The molecule has 406 valence electrons. The number of aryl methyl sites for hydroxylation is 1. The molecule has 1 aliphatic carbocycles. The molecule has 3 amide bonds. The molecule has 3 aliphatic heterocycles. The molecule has 3 fully saturated rings. The van der Waals surface area contributed by atoms with Crippen LogP contribution in [0.25, 0.3) is 32.2 Å². The Kier molecular flexibility index (Phi) is 15.1. The molecule has 2 saturated heterocycles. The summed E-state index contributed by atoms with van der Waals surface area (Å²) >= 11 is 1.45. The number of thiazole rings is 1. The number of esters is 1. The molecule has 2 atom stereocenters. The fourth-order valence-corrected chi connectivity index (χ4v) is 12.9. The number of anilines is 3. The predicted octanol–water partition coefficient (Wildman–Crippen LogP) is 11.0. The van der Waals surface area contributed by atoms with E-state index in [0.29, 0.717) is 59.8 Å². The number of carbonyl (C=O) groups is 4. The second kappa shape index (κ2) is 22.3. The van der Waals surface area contributed by atoms with Crippen LogP contribution in [0.3, 0.4) is 0 Å². The number of rotatable bonds is 14. The highest BCUT2D eigenvalue weighted by atomic mass is 32.1. The molecular weight excluding hydrogens is 999 g/mol. The SMILES string of the molecule is Cc1c(OC2CCC(CC[C@@H](C)CN3CCN(c4ccc5c(C6CCC(=O)NC6=O)nn(C)c5c4)CC3)CC2)cccc1-c1ccc(N2CCc3cccc(C(=O)Nc4nc5ccccc5s4)c3C2)nc1C(=O)OC(C)(C)C. The van der Waals surface area contributed by atoms with E-state index in [2.05, 4.69) is 68.4 Å². The van der Waals surface area contributed by atoms with Gasteiger partial charge in [0.2, 0.25) is 11.8 Å². The van der Waals surface area contributed by atoms with Crippen molar-refractivity contribution >= 4 is 72.8 Å². The van der Waals surface area contributed by atoms with Crippen molar-refractivity contribution in [1.29, 1.82) is 0 Å². The number of imide groups is 1. The van der Waals surface area contributed by atoms with Gasteiger partial charge in [0.15, 0.2) is 10.8 Å². The Morgan fingerprint density at radius 3 is 2.42 bits per heavy atom. The lowest BCUT2D eigenvalue weighted by molar-refractivity contribution is -0.134. The minimum atomic E-state index is -0.732. The first kappa shape index (κ1) is 52.9. The normalized spacial score (nSPS) is 19.6. The van der Waals surface area contributed by atoms with Gasteiger partial charge in [-0.05, 0) is 161 Å². The van der Waals surface area contributed by atoms with Gasteiger partial charge in [-0.2, -0.15) is 5.10 Å². The molecule has 78 heavy (non-hydrogen) atoms.